The van der Waals surface area contributed by atoms with Crippen LogP contribution in [-0.4, -0.2) is 126 Å². The predicted octanol–water partition coefficient (Wildman–Crippen LogP) is 6.38. The van der Waals surface area contributed by atoms with Crippen molar-refractivity contribution >= 4 is 50.2 Å². The number of urea groups is 1. The van der Waals surface area contributed by atoms with Crippen molar-refractivity contribution in [3.05, 3.63) is 65.9 Å². The number of carboxylic acids is 1. The molecule has 2 aromatic carbocycles. The van der Waals surface area contributed by atoms with Crippen molar-refractivity contribution in [1.29, 1.82) is 0 Å². The second kappa shape index (κ2) is 16.2. The quantitative estimate of drug-likeness (QED) is 0.226. The predicted molar refractivity (Wildman–Crippen MR) is 217 cm³/mol. The van der Waals surface area contributed by atoms with Gasteiger partial charge in [0, 0.05) is 80.7 Å². The van der Waals surface area contributed by atoms with Crippen LogP contribution < -0.4 is 9.80 Å². The maximum Gasteiger partial charge on any atom is 0.490 e. The minimum atomic E-state index is -5.08. The lowest BCUT2D eigenvalue weighted by Gasteiger charge is -2.42. The number of hydrogen-bond donors (Lipinski definition) is 2. The van der Waals surface area contributed by atoms with Crippen LogP contribution in [0.3, 0.4) is 0 Å². The fraction of sp³-hybridized carbons (Fsp3) is 0.463. The van der Waals surface area contributed by atoms with Gasteiger partial charge in [-0.2, -0.15) is 13.2 Å². The molecule has 0 unspecified atom stereocenters. The van der Waals surface area contributed by atoms with Gasteiger partial charge in [0.05, 0.1) is 29.4 Å². The first-order chi connectivity index (χ1) is 27.1. The highest BCUT2D eigenvalue weighted by Gasteiger charge is 2.39. The molecule has 0 spiro atoms. The first-order valence-electron chi connectivity index (χ1n) is 19.1. The molecule has 2 fully saturated rings. The Balaban J connectivity index is 0.000000743. The molecule has 0 aliphatic carbocycles. The van der Waals surface area contributed by atoms with Gasteiger partial charge in [-0.1, -0.05) is 36.4 Å². The number of hydrogen-bond acceptors (Lipinski definition) is 8. The molecular weight excluding hydrogens is 776 g/mol. The Labute approximate surface area is 336 Å². The summed E-state index contributed by atoms with van der Waals surface area (Å²) >= 11 is 0. The topological polar surface area (TPSA) is 150 Å². The largest absolute Gasteiger partial charge is 0.490 e. The number of rotatable bonds is 6. The molecule has 0 radical (unpaired) electrons. The van der Waals surface area contributed by atoms with E-state index in [2.05, 4.69) is 84.1 Å². The number of pyridine rings is 1. The number of fused-ring (bicyclic) bond motifs is 3. The smallest absolute Gasteiger partial charge is 0.475 e. The van der Waals surface area contributed by atoms with Crippen LogP contribution in [-0.2, 0) is 32.5 Å². The number of benzene rings is 2. The number of carbonyl (C=O) groups excluding carboxylic acids is 2. The Morgan fingerprint density at radius 1 is 0.914 bits per heavy atom. The standard InChI is InChI=1S/C39H49N7O4S.C2HF3O2/c1-26(47)44-19-21-45(22-20-44)30-13-11-28(12-14-30)34-35-32-25-46(39(2,3)4)38(48)42(5)33(32)23-40-37(35)41-36(34)29-9-7-27(8-10-29)24-43-17-15-31(16-18-43)51(6,49)50;3-2(4,5)1(6)7/h7-14,23,31H,15-22,24-25H2,1-6H3,(H,40,41);(H,6,7). The van der Waals surface area contributed by atoms with Crippen LogP contribution in [0, 0.1) is 0 Å². The van der Waals surface area contributed by atoms with E-state index in [0.717, 1.165) is 83.1 Å². The number of piperazine rings is 1. The Bertz CT molecular complexity index is 2270. The highest BCUT2D eigenvalue weighted by atomic mass is 32.2. The average molecular weight is 826 g/mol. The number of alkyl halides is 3. The first kappa shape index (κ1) is 42.4. The Hall–Kier alpha value is -5.16. The Kier molecular flexibility index (Phi) is 11.9. The molecule has 58 heavy (non-hydrogen) atoms. The van der Waals surface area contributed by atoms with E-state index in [1.54, 1.807) is 18.0 Å². The summed E-state index contributed by atoms with van der Waals surface area (Å²) in [5, 5.41) is 7.90. The van der Waals surface area contributed by atoms with E-state index in [0.29, 0.717) is 32.5 Å². The molecule has 3 amide bonds. The van der Waals surface area contributed by atoms with Crippen LogP contribution in [0.2, 0.25) is 0 Å². The number of carbonyl (C=O) groups is 3. The molecule has 13 nitrogen and oxygen atoms in total. The number of nitrogens with zero attached hydrogens (tertiary/aromatic N) is 6. The maximum absolute atomic E-state index is 13.5. The third-order valence-electron chi connectivity index (χ3n) is 11.2. The van der Waals surface area contributed by atoms with Crippen LogP contribution >= 0.6 is 0 Å². The lowest BCUT2D eigenvalue weighted by Crippen LogP contribution is -2.53. The van der Waals surface area contributed by atoms with E-state index in [1.807, 2.05) is 16.8 Å². The summed E-state index contributed by atoms with van der Waals surface area (Å²) < 4.78 is 55.8. The number of aromatic amines is 1. The van der Waals surface area contributed by atoms with Gasteiger partial charge in [-0.15, -0.1) is 0 Å². The third-order valence-corrected chi connectivity index (χ3v) is 12.9. The molecule has 2 saturated heterocycles. The van der Waals surface area contributed by atoms with Crippen LogP contribution in [0.1, 0.15) is 51.7 Å². The van der Waals surface area contributed by atoms with Crippen LogP contribution in [0.15, 0.2) is 54.7 Å². The number of nitrogens with one attached hydrogen (secondary N) is 1. The Morgan fingerprint density at radius 2 is 1.48 bits per heavy atom. The zero-order valence-electron chi connectivity index (χ0n) is 33.6. The molecule has 0 bridgehead atoms. The molecule has 4 aromatic rings. The van der Waals surface area contributed by atoms with Crippen LogP contribution in [0.4, 0.5) is 29.3 Å². The second-order valence-electron chi connectivity index (χ2n) is 16.2. The second-order valence-corrected chi connectivity index (χ2v) is 18.5. The maximum atomic E-state index is 13.5. The molecular formula is C41H50F3N7O6S. The van der Waals surface area contributed by atoms with Crippen molar-refractivity contribution in [3.63, 3.8) is 0 Å². The van der Waals surface area contributed by atoms with Crippen molar-refractivity contribution in [2.75, 3.05) is 62.4 Å². The number of halogens is 3. The van der Waals surface area contributed by atoms with Gasteiger partial charge in [-0.3, -0.25) is 14.6 Å². The monoisotopic (exact) mass is 825 g/mol. The minimum Gasteiger partial charge on any atom is -0.475 e. The third kappa shape index (κ3) is 9.09. The molecule has 3 aliphatic heterocycles. The first-order valence-corrected chi connectivity index (χ1v) is 21.1. The van der Waals surface area contributed by atoms with Gasteiger partial charge < -0.3 is 24.8 Å². The number of piperidine rings is 1. The van der Waals surface area contributed by atoms with E-state index in [4.69, 9.17) is 14.9 Å². The van der Waals surface area contributed by atoms with Gasteiger partial charge in [0.25, 0.3) is 0 Å². The highest BCUT2D eigenvalue weighted by Crippen LogP contribution is 2.44. The van der Waals surface area contributed by atoms with Gasteiger partial charge in [-0.25, -0.2) is 23.0 Å². The van der Waals surface area contributed by atoms with E-state index in [1.165, 1.54) is 11.8 Å². The fourth-order valence-electron chi connectivity index (χ4n) is 7.85. The van der Waals surface area contributed by atoms with Crippen molar-refractivity contribution in [2.45, 2.75) is 70.6 Å². The zero-order chi connectivity index (χ0) is 42.3. The van der Waals surface area contributed by atoms with Crippen LogP contribution in [0.25, 0.3) is 33.4 Å². The molecule has 17 heteroatoms. The minimum absolute atomic E-state index is 0.0428. The van der Waals surface area contributed by atoms with Gasteiger partial charge in [-0.05, 0) is 75.5 Å². The number of likely N-dealkylation sites (tertiary alicyclic amines) is 1. The number of aromatic nitrogens is 2. The fourth-order valence-corrected chi connectivity index (χ4v) is 8.91. The van der Waals surface area contributed by atoms with Crippen LogP contribution in [0.5, 0.6) is 0 Å². The molecule has 0 atom stereocenters. The van der Waals surface area contributed by atoms with Gasteiger partial charge in [0.2, 0.25) is 5.91 Å². The average Bonchev–Trinajstić information content (AvgIpc) is 3.56. The number of amides is 3. The van der Waals surface area contributed by atoms with Crippen molar-refractivity contribution < 1.29 is 41.1 Å². The normalized spacial score (nSPS) is 17.3. The SMILES string of the molecule is CC(=O)N1CCN(c2ccc(-c3c(-c4ccc(CN5CCC(S(C)(=O)=O)CC5)cc4)[nH]c4ncc5c(c34)CN(C(C)(C)C)C(=O)N5C)cc2)CC1.O=C(O)C(F)(F)F. The van der Waals surface area contributed by atoms with E-state index >= 15 is 0 Å². The molecule has 5 heterocycles. The van der Waals surface area contributed by atoms with E-state index in [9.17, 15) is 31.2 Å². The van der Waals surface area contributed by atoms with E-state index in [-0.39, 0.29) is 22.7 Å². The molecule has 7 rings (SSSR count). The summed E-state index contributed by atoms with van der Waals surface area (Å²) in [7, 11) is -1.18. The summed E-state index contributed by atoms with van der Waals surface area (Å²) in [6, 6.07) is 17.3. The number of aliphatic carboxylic acids is 1. The lowest BCUT2D eigenvalue weighted by atomic mass is 9.93. The number of H-pyrrole nitrogens is 1. The molecule has 312 valence electrons. The van der Waals surface area contributed by atoms with Gasteiger partial charge in [0.1, 0.15) is 15.5 Å². The van der Waals surface area contributed by atoms with Gasteiger partial charge >= 0.3 is 18.2 Å². The van der Waals surface area contributed by atoms with E-state index < -0.39 is 22.0 Å². The number of carboxylic acid groups (broad SMARTS) is 1. The number of sulfone groups is 1. The van der Waals surface area contributed by atoms with Crippen molar-refractivity contribution in [1.82, 2.24) is 24.7 Å². The van der Waals surface area contributed by atoms with Crippen molar-refractivity contribution in [2.24, 2.45) is 0 Å². The van der Waals surface area contributed by atoms with Crippen molar-refractivity contribution in [3.8, 4) is 22.4 Å². The number of anilines is 2. The molecule has 2 aromatic heterocycles. The highest BCUT2D eigenvalue weighted by molar-refractivity contribution is 7.91. The van der Waals surface area contributed by atoms with Gasteiger partial charge in [0.15, 0.2) is 0 Å². The summed E-state index contributed by atoms with van der Waals surface area (Å²) in [6.07, 6.45) is -0.582. The summed E-state index contributed by atoms with van der Waals surface area (Å²) in [5.41, 5.74) is 8.69. The molecule has 2 N–H and O–H groups in total. The Morgan fingerprint density at radius 3 is 2.00 bits per heavy atom. The summed E-state index contributed by atoms with van der Waals surface area (Å²) in [6.45, 7) is 13.6. The molecule has 3 aliphatic rings. The summed E-state index contributed by atoms with van der Waals surface area (Å²) in [4.78, 5) is 53.0. The lowest BCUT2D eigenvalue weighted by molar-refractivity contribution is -0.192. The zero-order valence-corrected chi connectivity index (χ0v) is 34.4. The summed E-state index contributed by atoms with van der Waals surface area (Å²) in [5.74, 6) is -2.64. The molecule has 0 saturated carbocycles.